The van der Waals surface area contributed by atoms with E-state index in [0.717, 1.165) is 5.57 Å². The lowest BCUT2D eigenvalue weighted by molar-refractivity contribution is -0.303. The van der Waals surface area contributed by atoms with Gasteiger partial charge in [-0.1, -0.05) is 31.7 Å². The lowest BCUT2D eigenvalue weighted by Gasteiger charge is -2.30. The van der Waals surface area contributed by atoms with Crippen LogP contribution in [0.4, 0.5) is 0 Å². The third kappa shape index (κ3) is 6.47. The number of ether oxygens (including phenoxy) is 3. The number of carbonyl (C=O) groups excluding carboxylic acids is 3. The molecule has 30 heavy (non-hydrogen) atoms. The van der Waals surface area contributed by atoms with Crippen LogP contribution in [0.2, 0.25) is 0 Å². The molecule has 2 atom stereocenters. The van der Waals surface area contributed by atoms with Crippen LogP contribution in [-0.4, -0.2) is 37.5 Å². The molecule has 0 amide bonds. The second-order valence-electron chi connectivity index (χ2n) is 6.79. The average Bonchev–Trinajstić information content (AvgIpc) is 2.66. The smallest absolute Gasteiger partial charge is 0.333 e. The first-order chi connectivity index (χ1) is 14.1. The minimum absolute atomic E-state index is 0.0281. The van der Waals surface area contributed by atoms with E-state index >= 15 is 0 Å². The molecule has 0 saturated heterocycles. The number of Topliss-reactive ketones (excluding diaryl/α,β-unsaturated/α-hetero) is 1. The zero-order chi connectivity index (χ0) is 22.8. The normalized spacial score (nSPS) is 13.5. The van der Waals surface area contributed by atoms with Crippen LogP contribution < -0.4 is 9.84 Å². The highest BCUT2D eigenvalue weighted by atomic mass is 16.5. The molecule has 164 valence electrons. The number of ketones is 1. The van der Waals surface area contributed by atoms with Crippen molar-refractivity contribution < 1.29 is 33.7 Å². The van der Waals surface area contributed by atoms with Crippen molar-refractivity contribution in [3.8, 4) is 5.75 Å². The van der Waals surface area contributed by atoms with Gasteiger partial charge in [-0.25, -0.2) is 4.79 Å². The molecule has 0 aliphatic rings. The molecule has 0 N–H and O–H groups in total. The minimum atomic E-state index is -1.41. The quantitative estimate of drug-likeness (QED) is 0.179. The summed E-state index contributed by atoms with van der Waals surface area (Å²) < 4.78 is 15.9. The van der Waals surface area contributed by atoms with E-state index in [1.54, 1.807) is 45.0 Å². The van der Waals surface area contributed by atoms with E-state index in [0.29, 0.717) is 11.3 Å². The molecule has 7 heteroatoms. The van der Waals surface area contributed by atoms with E-state index in [4.69, 9.17) is 14.2 Å². The predicted octanol–water partition coefficient (Wildman–Crippen LogP) is 2.69. The number of rotatable bonds is 11. The van der Waals surface area contributed by atoms with Gasteiger partial charge in [0.2, 0.25) is 0 Å². The maximum atomic E-state index is 12.7. The number of esters is 2. The van der Waals surface area contributed by atoms with Gasteiger partial charge in [0.15, 0.2) is 0 Å². The molecule has 0 saturated carbocycles. The Kier molecular flexibility index (Phi) is 9.81. The van der Waals surface area contributed by atoms with Gasteiger partial charge >= 0.3 is 11.9 Å². The Morgan fingerprint density at radius 3 is 2.13 bits per heavy atom. The van der Waals surface area contributed by atoms with Crippen molar-refractivity contribution in [3.05, 3.63) is 53.3 Å². The van der Waals surface area contributed by atoms with Crippen molar-refractivity contribution in [1.29, 1.82) is 0 Å². The topological polar surface area (TPSA) is 102 Å². The van der Waals surface area contributed by atoms with E-state index in [9.17, 15) is 19.5 Å². The number of carbonyl (C=O) groups is 3. The first-order valence-corrected chi connectivity index (χ1v) is 9.73. The number of hydrogen-bond acceptors (Lipinski definition) is 7. The third-order valence-electron chi connectivity index (χ3n) is 4.23. The van der Waals surface area contributed by atoms with Crippen molar-refractivity contribution in [2.75, 3.05) is 19.8 Å². The highest BCUT2D eigenvalue weighted by Gasteiger charge is 2.41. The molecule has 0 aromatic heterocycles. The van der Waals surface area contributed by atoms with E-state index in [-0.39, 0.29) is 25.4 Å². The Labute approximate surface area is 177 Å². The van der Waals surface area contributed by atoms with E-state index < -0.39 is 35.3 Å². The largest absolute Gasteiger partial charge is 0.875 e. The molecule has 0 aliphatic carbocycles. The third-order valence-corrected chi connectivity index (χ3v) is 4.23. The van der Waals surface area contributed by atoms with Crippen molar-refractivity contribution in [3.63, 3.8) is 0 Å². The molecule has 2 unspecified atom stereocenters. The molecule has 0 radical (unpaired) electrons. The fourth-order valence-corrected chi connectivity index (χ4v) is 3.04. The van der Waals surface area contributed by atoms with Crippen molar-refractivity contribution >= 4 is 17.7 Å². The first kappa shape index (κ1) is 24.9. The van der Waals surface area contributed by atoms with Gasteiger partial charge in [-0.2, -0.15) is 0 Å². The zero-order valence-corrected chi connectivity index (χ0v) is 18.2. The van der Waals surface area contributed by atoms with Crippen LogP contribution >= 0.6 is 0 Å². The van der Waals surface area contributed by atoms with Crippen LogP contribution in [0.1, 0.15) is 46.1 Å². The molecule has 7 nitrogen and oxygen atoms in total. The van der Waals surface area contributed by atoms with Crippen LogP contribution in [0, 0.1) is 5.92 Å². The van der Waals surface area contributed by atoms with Gasteiger partial charge in [-0.15, -0.1) is 5.76 Å². The summed E-state index contributed by atoms with van der Waals surface area (Å²) in [4.78, 5) is 37.9. The summed E-state index contributed by atoms with van der Waals surface area (Å²) in [7, 11) is 0. The first-order valence-electron chi connectivity index (χ1n) is 9.73. The molecular formula is C23H29O7-. The lowest BCUT2D eigenvalue weighted by Crippen LogP contribution is -2.35. The van der Waals surface area contributed by atoms with Gasteiger partial charge in [0.25, 0.3) is 0 Å². The van der Waals surface area contributed by atoms with Crippen LogP contribution in [-0.2, 0) is 23.9 Å². The summed E-state index contributed by atoms with van der Waals surface area (Å²) in [5.74, 6) is -5.18. The van der Waals surface area contributed by atoms with Crippen molar-refractivity contribution in [1.82, 2.24) is 0 Å². The van der Waals surface area contributed by atoms with Crippen LogP contribution in [0.5, 0.6) is 5.75 Å². The second-order valence-corrected chi connectivity index (χ2v) is 6.79. The summed E-state index contributed by atoms with van der Waals surface area (Å²) in [6.07, 6.45) is 0. The summed E-state index contributed by atoms with van der Waals surface area (Å²) in [5, 5.41) is 12.5. The Hall–Kier alpha value is -3.09. The Morgan fingerprint density at radius 2 is 1.63 bits per heavy atom. The molecule has 0 heterocycles. The predicted molar refractivity (Wildman–Crippen MR) is 110 cm³/mol. The zero-order valence-electron chi connectivity index (χ0n) is 18.2. The van der Waals surface area contributed by atoms with Gasteiger partial charge in [-0.3, -0.25) is 9.59 Å². The van der Waals surface area contributed by atoms with Gasteiger partial charge in [-0.05, 0) is 39.3 Å². The van der Waals surface area contributed by atoms with Gasteiger partial charge in [0.1, 0.15) is 24.1 Å². The maximum absolute atomic E-state index is 12.7. The molecule has 1 rings (SSSR count). The molecule has 0 fully saturated rings. The molecule has 1 aromatic rings. The molecule has 0 aliphatic heterocycles. The monoisotopic (exact) mass is 417 g/mol. The molecule has 1 aromatic carbocycles. The van der Waals surface area contributed by atoms with E-state index in [1.165, 1.54) is 13.8 Å². The van der Waals surface area contributed by atoms with Crippen molar-refractivity contribution in [2.45, 2.75) is 40.5 Å². The standard InChI is InChI=1S/C23H30O7/c1-7-28-22(26)19(15(5)24)21(20(16(6)25)23(27)29-8-2)17-11-9-10-12-18(17)30-13-14(3)4/h9-12,19,21,25H,3,7-8,13H2,1-2,4-6H3/p-1/b20-16+. The summed E-state index contributed by atoms with van der Waals surface area (Å²) in [6, 6.07) is 6.62. The summed E-state index contributed by atoms with van der Waals surface area (Å²) in [6.45, 7) is 11.4. The lowest BCUT2D eigenvalue weighted by atomic mass is 9.77. The Balaban J connectivity index is 3.76. The van der Waals surface area contributed by atoms with Gasteiger partial charge < -0.3 is 19.3 Å². The number of allylic oxidation sites excluding steroid dienone is 1. The van der Waals surface area contributed by atoms with Crippen molar-refractivity contribution in [2.24, 2.45) is 5.92 Å². The fraction of sp³-hybridized carbons (Fsp3) is 0.435. The van der Waals surface area contributed by atoms with Gasteiger partial charge in [0.05, 0.1) is 13.2 Å². The van der Waals surface area contributed by atoms with E-state index in [1.807, 2.05) is 0 Å². The summed E-state index contributed by atoms with van der Waals surface area (Å²) >= 11 is 0. The Morgan fingerprint density at radius 1 is 1.03 bits per heavy atom. The molecule has 0 bridgehead atoms. The Bertz CT molecular complexity index is 819. The SMILES string of the molecule is C=C(C)COc1ccccc1C(/C(C(=O)OCC)=C(/C)[O-])C(C(C)=O)C(=O)OCC. The highest BCUT2D eigenvalue weighted by Crippen LogP contribution is 2.40. The molecular weight excluding hydrogens is 388 g/mol. The number of hydrogen-bond donors (Lipinski definition) is 0. The van der Waals surface area contributed by atoms with Gasteiger partial charge in [0, 0.05) is 17.1 Å². The molecule has 0 spiro atoms. The van der Waals surface area contributed by atoms with E-state index in [2.05, 4.69) is 6.58 Å². The second kappa shape index (κ2) is 11.8. The average molecular weight is 417 g/mol. The fourth-order valence-electron chi connectivity index (χ4n) is 3.04. The summed E-state index contributed by atoms with van der Waals surface area (Å²) in [5.41, 5.74) is 0.776. The maximum Gasteiger partial charge on any atom is 0.333 e. The highest BCUT2D eigenvalue weighted by molar-refractivity contribution is 6.02. The van der Waals surface area contributed by atoms with Crippen LogP contribution in [0.15, 0.2) is 47.7 Å². The number of para-hydroxylation sites is 1. The number of benzene rings is 1. The van der Waals surface area contributed by atoms with Crippen LogP contribution in [0.3, 0.4) is 0 Å². The minimum Gasteiger partial charge on any atom is -0.875 e. The van der Waals surface area contributed by atoms with Crippen LogP contribution in [0.25, 0.3) is 0 Å².